The van der Waals surface area contributed by atoms with Gasteiger partial charge in [0, 0.05) is 46.3 Å². The summed E-state index contributed by atoms with van der Waals surface area (Å²) >= 11 is 0. The van der Waals surface area contributed by atoms with E-state index in [1.54, 1.807) is 0 Å². The average molecular weight is 466 g/mol. The van der Waals surface area contributed by atoms with E-state index in [2.05, 4.69) is 75.2 Å². The van der Waals surface area contributed by atoms with Gasteiger partial charge in [-0.1, -0.05) is 18.2 Å². The first-order valence-corrected chi connectivity index (χ1v) is 11.9. The van der Waals surface area contributed by atoms with Crippen molar-refractivity contribution in [2.75, 3.05) is 0 Å². The molecule has 0 aliphatic rings. The van der Waals surface area contributed by atoms with Crippen LogP contribution in [0.3, 0.4) is 0 Å². The van der Waals surface area contributed by atoms with Crippen LogP contribution in [0.25, 0.3) is 54.8 Å². The minimum atomic E-state index is 0.756. The average Bonchev–Trinajstić information content (AvgIpc) is 3.56. The molecule has 0 saturated heterocycles. The van der Waals surface area contributed by atoms with Crippen LogP contribution in [0, 0.1) is 6.92 Å². The van der Waals surface area contributed by atoms with Crippen LogP contribution in [0.15, 0.2) is 97.6 Å². The molecule has 0 amide bonds. The second kappa shape index (κ2) is 7.02. The Morgan fingerprint density at radius 2 is 1.31 bits per heavy atom. The molecule has 0 spiro atoms. The van der Waals surface area contributed by atoms with E-state index in [4.69, 9.17) is 9.72 Å². The highest BCUT2D eigenvalue weighted by atomic mass is 16.5. The molecule has 8 rings (SSSR count). The van der Waals surface area contributed by atoms with E-state index in [0.29, 0.717) is 0 Å². The fraction of sp³-hybridized carbons (Fsp3) is 0.0333. The molecule has 0 aliphatic carbocycles. The van der Waals surface area contributed by atoms with Crippen LogP contribution >= 0.6 is 0 Å². The molecule has 6 nitrogen and oxygen atoms in total. The van der Waals surface area contributed by atoms with Gasteiger partial charge in [0.1, 0.15) is 28.4 Å². The third-order valence-electron chi connectivity index (χ3n) is 6.93. The fourth-order valence-electron chi connectivity index (χ4n) is 5.41. The standard InChI is InChI=1S/C30H19N5O/c1-18-17-35-27-7-3-2-5-23(27)21-10-8-20(16-26(21)30(35)33-18)36-19-9-11-22-24-6-4-12-31-28(24)34-14-13-32-29(34)25(22)15-19/h2-17H,1H3. The lowest BCUT2D eigenvalue weighted by Gasteiger charge is -2.12. The van der Waals surface area contributed by atoms with Gasteiger partial charge in [0.15, 0.2) is 0 Å². The van der Waals surface area contributed by atoms with E-state index in [1.165, 1.54) is 5.39 Å². The monoisotopic (exact) mass is 465 g/mol. The van der Waals surface area contributed by atoms with Crippen molar-refractivity contribution >= 4 is 54.8 Å². The van der Waals surface area contributed by atoms with E-state index in [1.807, 2.05) is 48.1 Å². The number of rotatable bonds is 2. The van der Waals surface area contributed by atoms with Crippen molar-refractivity contribution in [3.8, 4) is 11.5 Å². The molecular formula is C30H19N5O. The Morgan fingerprint density at radius 1 is 0.611 bits per heavy atom. The minimum absolute atomic E-state index is 0.756. The third-order valence-corrected chi connectivity index (χ3v) is 6.93. The highest BCUT2D eigenvalue weighted by Crippen LogP contribution is 2.35. The number of aryl methyl sites for hydroxylation is 1. The molecule has 0 fully saturated rings. The van der Waals surface area contributed by atoms with Crippen LogP contribution in [0.2, 0.25) is 0 Å². The summed E-state index contributed by atoms with van der Waals surface area (Å²) in [6, 6.07) is 24.9. The van der Waals surface area contributed by atoms with E-state index in [0.717, 1.165) is 66.6 Å². The zero-order valence-electron chi connectivity index (χ0n) is 19.4. The summed E-state index contributed by atoms with van der Waals surface area (Å²) in [6.45, 7) is 2.03. The number of pyridine rings is 3. The quantitative estimate of drug-likeness (QED) is 0.256. The predicted octanol–water partition coefficient (Wildman–Crippen LogP) is 7.09. The third kappa shape index (κ3) is 2.64. The van der Waals surface area contributed by atoms with E-state index in [9.17, 15) is 0 Å². The lowest BCUT2D eigenvalue weighted by atomic mass is 10.1. The molecule has 36 heavy (non-hydrogen) atoms. The smallest absolute Gasteiger partial charge is 0.146 e. The van der Waals surface area contributed by atoms with E-state index in [-0.39, 0.29) is 0 Å². The van der Waals surface area contributed by atoms with E-state index >= 15 is 0 Å². The molecule has 8 aromatic rings. The van der Waals surface area contributed by atoms with Crippen molar-refractivity contribution in [2.24, 2.45) is 0 Å². The highest BCUT2D eigenvalue weighted by Gasteiger charge is 2.14. The summed E-state index contributed by atoms with van der Waals surface area (Å²) in [5.74, 6) is 1.52. The van der Waals surface area contributed by atoms with Crippen LogP contribution in [-0.2, 0) is 0 Å². The Labute approximate surface area is 205 Å². The number of fused-ring (bicyclic) bond motifs is 12. The zero-order chi connectivity index (χ0) is 23.8. The predicted molar refractivity (Wildman–Crippen MR) is 143 cm³/mol. The first kappa shape index (κ1) is 19.3. The van der Waals surface area contributed by atoms with Crippen LogP contribution in [0.4, 0.5) is 0 Å². The first-order chi connectivity index (χ1) is 17.7. The normalized spacial score (nSPS) is 12.0. The van der Waals surface area contributed by atoms with Crippen molar-refractivity contribution in [2.45, 2.75) is 6.92 Å². The maximum Gasteiger partial charge on any atom is 0.146 e. The highest BCUT2D eigenvalue weighted by molar-refractivity contribution is 6.12. The van der Waals surface area contributed by atoms with E-state index < -0.39 is 0 Å². The summed E-state index contributed by atoms with van der Waals surface area (Å²) in [7, 11) is 0. The maximum atomic E-state index is 6.41. The minimum Gasteiger partial charge on any atom is -0.457 e. The molecule has 0 radical (unpaired) electrons. The summed E-state index contributed by atoms with van der Waals surface area (Å²) in [5.41, 5.74) is 4.82. The number of hydrogen-bond donors (Lipinski definition) is 0. The first-order valence-electron chi connectivity index (χ1n) is 11.9. The van der Waals surface area contributed by atoms with Gasteiger partial charge in [0.05, 0.1) is 11.2 Å². The van der Waals surface area contributed by atoms with Crippen molar-refractivity contribution < 1.29 is 4.74 Å². The van der Waals surface area contributed by atoms with Gasteiger partial charge < -0.3 is 4.74 Å². The van der Waals surface area contributed by atoms with Gasteiger partial charge in [-0.15, -0.1) is 0 Å². The largest absolute Gasteiger partial charge is 0.457 e. The molecule has 170 valence electrons. The van der Waals surface area contributed by atoms with Crippen molar-refractivity contribution in [1.29, 1.82) is 0 Å². The van der Waals surface area contributed by atoms with Crippen LogP contribution in [0.1, 0.15) is 5.69 Å². The SMILES string of the molecule is Cc1cn2c3ccccc3c3ccc(Oc4ccc5c6cccnc6n6ccnc6c5c4)cc3c2n1. The number of imidazole rings is 2. The Morgan fingerprint density at radius 3 is 2.17 bits per heavy atom. The molecule has 0 N–H and O–H groups in total. The molecule has 6 heteroatoms. The van der Waals surface area contributed by atoms with Gasteiger partial charge >= 0.3 is 0 Å². The zero-order valence-corrected chi connectivity index (χ0v) is 19.4. The van der Waals surface area contributed by atoms with Crippen LogP contribution in [-0.4, -0.2) is 23.8 Å². The number of ether oxygens (including phenoxy) is 1. The second-order valence-electron chi connectivity index (χ2n) is 9.11. The van der Waals surface area contributed by atoms with Crippen LogP contribution in [0.5, 0.6) is 11.5 Å². The van der Waals surface area contributed by atoms with Gasteiger partial charge in [-0.25, -0.2) is 15.0 Å². The number of hydrogen-bond acceptors (Lipinski definition) is 4. The Hall–Kier alpha value is -4.97. The molecule has 0 saturated carbocycles. The lowest BCUT2D eigenvalue weighted by Crippen LogP contribution is -1.94. The Balaban J connectivity index is 1.32. The number of nitrogens with zero attached hydrogens (tertiary/aromatic N) is 5. The second-order valence-corrected chi connectivity index (χ2v) is 9.11. The van der Waals surface area contributed by atoms with Crippen molar-refractivity contribution in [3.05, 3.63) is 103 Å². The molecule has 0 aliphatic heterocycles. The molecule has 3 aromatic carbocycles. The van der Waals surface area contributed by atoms with Gasteiger partial charge in [0.2, 0.25) is 0 Å². The number of benzene rings is 3. The fourth-order valence-corrected chi connectivity index (χ4v) is 5.41. The molecule has 5 aromatic heterocycles. The topological polar surface area (TPSA) is 56.7 Å². The summed E-state index contributed by atoms with van der Waals surface area (Å²) in [5, 5.41) is 6.62. The molecule has 5 heterocycles. The van der Waals surface area contributed by atoms with Gasteiger partial charge in [-0.2, -0.15) is 0 Å². The number of aromatic nitrogens is 5. The van der Waals surface area contributed by atoms with Crippen LogP contribution < -0.4 is 4.74 Å². The Bertz CT molecular complexity index is 2150. The molecular weight excluding hydrogens is 446 g/mol. The van der Waals surface area contributed by atoms with Crippen molar-refractivity contribution in [1.82, 2.24) is 23.8 Å². The summed E-state index contributed by atoms with van der Waals surface area (Å²) in [4.78, 5) is 14.0. The number of para-hydroxylation sites is 1. The molecule has 0 atom stereocenters. The van der Waals surface area contributed by atoms with Crippen molar-refractivity contribution in [3.63, 3.8) is 0 Å². The van der Waals surface area contributed by atoms with Gasteiger partial charge in [0.25, 0.3) is 0 Å². The van der Waals surface area contributed by atoms with Gasteiger partial charge in [-0.3, -0.25) is 8.80 Å². The summed E-state index contributed by atoms with van der Waals surface area (Å²) < 4.78 is 10.6. The molecule has 0 unspecified atom stereocenters. The maximum absolute atomic E-state index is 6.41. The summed E-state index contributed by atoms with van der Waals surface area (Å²) in [6.07, 6.45) is 7.65. The van der Waals surface area contributed by atoms with Gasteiger partial charge in [-0.05, 0) is 72.3 Å². The lowest BCUT2D eigenvalue weighted by molar-refractivity contribution is 0.484. The Kier molecular flexibility index (Phi) is 3.77. The molecule has 0 bridgehead atoms.